The largest absolute Gasteiger partial charge is 0.326 e. The Morgan fingerprint density at radius 1 is 1.03 bits per heavy atom. The molecule has 4 rings (SSSR count). The van der Waals surface area contributed by atoms with Crippen LogP contribution in [0.2, 0.25) is 0 Å². The highest BCUT2D eigenvalue weighted by molar-refractivity contribution is 5.88. The van der Waals surface area contributed by atoms with Gasteiger partial charge < -0.3 is 5.32 Å². The number of nitrogens with zero attached hydrogens (tertiary/aromatic N) is 2. The van der Waals surface area contributed by atoms with Crippen LogP contribution < -0.4 is 5.32 Å². The van der Waals surface area contributed by atoms with Crippen LogP contribution in [0.25, 0.3) is 0 Å². The van der Waals surface area contributed by atoms with Crippen molar-refractivity contribution in [2.24, 2.45) is 0 Å². The van der Waals surface area contributed by atoms with Gasteiger partial charge in [0.15, 0.2) is 0 Å². The molecule has 4 nitrogen and oxygen atoms in total. The smallest absolute Gasteiger partial charge is 0.221 e. The first kappa shape index (κ1) is 20.3. The van der Waals surface area contributed by atoms with Gasteiger partial charge >= 0.3 is 0 Å². The summed E-state index contributed by atoms with van der Waals surface area (Å²) in [6.07, 6.45) is 3.20. The summed E-state index contributed by atoms with van der Waals surface area (Å²) in [5.41, 5.74) is 6.98. The molecule has 1 atom stereocenters. The molecule has 154 valence electrons. The summed E-state index contributed by atoms with van der Waals surface area (Å²) in [6.45, 7) is 5.63. The molecule has 0 radical (unpaired) electrons. The van der Waals surface area contributed by atoms with Crippen molar-refractivity contribution in [2.75, 3.05) is 11.9 Å². The zero-order valence-corrected chi connectivity index (χ0v) is 17.8. The van der Waals surface area contributed by atoms with E-state index in [1.807, 2.05) is 12.1 Å². The van der Waals surface area contributed by atoms with Gasteiger partial charge in [-0.1, -0.05) is 48.0 Å². The van der Waals surface area contributed by atoms with E-state index in [4.69, 9.17) is 4.98 Å². The van der Waals surface area contributed by atoms with E-state index in [1.54, 1.807) is 0 Å². The average Bonchev–Trinajstić information content (AvgIpc) is 3.19. The van der Waals surface area contributed by atoms with Crippen LogP contribution in [0.4, 0.5) is 5.69 Å². The van der Waals surface area contributed by atoms with Gasteiger partial charge in [0.1, 0.15) is 0 Å². The average molecular weight is 400 g/mol. The monoisotopic (exact) mass is 399 g/mol. The third-order valence-electron chi connectivity index (χ3n) is 5.70. The molecule has 1 N–H and O–H groups in total. The molecular weight excluding hydrogens is 370 g/mol. The summed E-state index contributed by atoms with van der Waals surface area (Å²) in [5, 5.41) is 2.83. The minimum absolute atomic E-state index is 0.0426. The minimum atomic E-state index is -0.0426. The van der Waals surface area contributed by atoms with Gasteiger partial charge in [-0.25, -0.2) is 0 Å². The Kier molecular flexibility index (Phi) is 6.24. The number of rotatable bonds is 6. The second-order valence-electron chi connectivity index (χ2n) is 8.22. The maximum absolute atomic E-state index is 11.2. The quantitative estimate of drug-likeness (QED) is 0.614. The number of carbonyl (C=O) groups excluding carboxylic acids is 1. The lowest BCUT2D eigenvalue weighted by atomic mass is 10.1. The molecule has 0 unspecified atom stereocenters. The molecule has 0 aliphatic carbocycles. The lowest BCUT2D eigenvalue weighted by Gasteiger charge is -2.24. The van der Waals surface area contributed by atoms with Crippen LogP contribution in [0.5, 0.6) is 0 Å². The standard InChI is InChI=1S/C26H29N3O/c1-19-8-10-21(11-9-19)17-24-5-3-6-25(28-24)26-7-4-16-29(26)18-22-12-14-23(15-13-22)27-20(2)30/h3,5-6,8-15,26H,4,7,16-18H2,1-2H3,(H,27,30)/t26-/m0/s1. The molecular formula is C26H29N3O. The lowest BCUT2D eigenvalue weighted by Crippen LogP contribution is -2.23. The number of nitrogens with one attached hydrogen (secondary N) is 1. The van der Waals surface area contributed by atoms with Gasteiger partial charge in [-0.2, -0.15) is 0 Å². The van der Waals surface area contributed by atoms with Gasteiger partial charge in [0.05, 0.1) is 11.7 Å². The number of hydrogen-bond donors (Lipinski definition) is 1. The van der Waals surface area contributed by atoms with E-state index in [9.17, 15) is 4.79 Å². The maximum atomic E-state index is 11.2. The Bertz CT molecular complexity index is 996. The molecule has 2 heterocycles. The molecule has 1 aromatic heterocycles. The zero-order chi connectivity index (χ0) is 20.9. The van der Waals surface area contributed by atoms with E-state index in [-0.39, 0.29) is 5.91 Å². The van der Waals surface area contributed by atoms with Crippen molar-refractivity contribution >= 4 is 11.6 Å². The predicted molar refractivity (Wildman–Crippen MR) is 121 cm³/mol. The number of aryl methyl sites for hydroxylation is 1. The van der Waals surface area contributed by atoms with Gasteiger partial charge in [-0.15, -0.1) is 0 Å². The van der Waals surface area contributed by atoms with E-state index in [2.05, 4.69) is 71.7 Å². The van der Waals surface area contributed by atoms with E-state index in [1.165, 1.54) is 35.7 Å². The summed E-state index contributed by atoms with van der Waals surface area (Å²) in [6, 6.07) is 23.7. The van der Waals surface area contributed by atoms with Crippen LogP contribution in [0, 0.1) is 6.92 Å². The molecule has 0 saturated carbocycles. The van der Waals surface area contributed by atoms with E-state index in [0.29, 0.717) is 6.04 Å². The number of pyridine rings is 1. The predicted octanol–water partition coefficient (Wildman–Crippen LogP) is 5.28. The second kappa shape index (κ2) is 9.23. The maximum Gasteiger partial charge on any atom is 0.221 e. The van der Waals surface area contributed by atoms with Crippen molar-refractivity contribution in [1.29, 1.82) is 0 Å². The summed E-state index contributed by atoms with van der Waals surface area (Å²) < 4.78 is 0. The number of aromatic nitrogens is 1. The van der Waals surface area contributed by atoms with E-state index in [0.717, 1.165) is 37.3 Å². The molecule has 1 aliphatic heterocycles. The normalized spacial score (nSPS) is 16.5. The number of benzene rings is 2. The minimum Gasteiger partial charge on any atom is -0.326 e. The van der Waals surface area contributed by atoms with Crippen molar-refractivity contribution in [3.63, 3.8) is 0 Å². The lowest BCUT2D eigenvalue weighted by molar-refractivity contribution is -0.114. The second-order valence-corrected chi connectivity index (χ2v) is 8.22. The number of hydrogen-bond acceptors (Lipinski definition) is 3. The van der Waals surface area contributed by atoms with Crippen molar-refractivity contribution in [1.82, 2.24) is 9.88 Å². The number of likely N-dealkylation sites (tertiary alicyclic amines) is 1. The highest BCUT2D eigenvalue weighted by atomic mass is 16.1. The van der Waals surface area contributed by atoms with E-state index < -0.39 is 0 Å². The van der Waals surface area contributed by atoms with Crippen LogP contribution >= 0.6 is 0 Å². The van der Waals surface area contributed by atoms with Crippen molar-refractivity contribution in [3.8, 4) is 0 Å². The third-order valence-corrected chi connectivity index (χ3v) is 5.70. The first-order chi connectivity index (χ1) is 14.6. The summed E-state index contributed by atoms with van der Waals surface area (Å²) in [5.74, 6) is -0.0426. The topological polar surface area (TPSA) is 45.2 Å². The Hall–Kier alpha value is -2.98. The zero-order valence-electron chi connectivity index (χ0n) is 17.8. The molecule has 0 spiro atoms. The van der Waals surface area contributed by atoms with Gasteiger partial charge in [-0.3, -0.25) is 14.7 Å². The van der Waals surface area contributed by atoms with Gasteiger partial charge in [0, 0.05) is 31.3 Å². The Morgan fingerprint density at radius 2 is 1.77 bits per heavy atom. The van der Waals surface area contributed by atoms with Gasteiger partial charge in [-0.05, 0) is 61.7 Å². The Balaban J connectivity index is 1.45. The fourth-order valence-corrected chi connectivity index (χ4v) is 4.18. The third kappa shape index (κ3) is 5.14. The number of carbonyl (C=O) groups is 1. The molecule has 1 fully saturated rings. The van der Waals surface area contributed by atoms with Gasteiger partial charge in [0.2, 0.25) is 5.91 Å². The molecule has 0 bridgehead atoms. The van der Waals surface area contributed by atoms with E-state index >= 15 is 0 Å². The van der Waals surface area contributed by atoms with Crippen LogP contribution in [0.3, 0.4) is 0 Å². The molecule has 2 aromatic carbocycles. The summed E-state index contributed by atoms with van der Waals surface area (Å²) in [7, 11) is 0. The van der Waals surface area contributed by atoms with Crippen LogP contribution in [-0.2, 0) is 17.8 Å². The molecule has 3 aromatic rings. The fourth-order valence-electron chi connectivity index (χ4n) is 4.18. The van der Waals surface area contributed by atoms with Crippen LogP contribution in [0.1, 0.15) is 53.9 Å². The molecule has 4 heteroatoms. The molecule has 30 heavy (non-hydrogen) atoms. The Labute approximate surface area is 179 Å². The van der Waals surface area contributed by atoms with Crippen molar-refractivity contribution < 1.29 is 4.79 Å². The summed E-state index contributed by atoms with van der Waals surface area (Å²) >= 11 is 0. The fraction of sp³-hybridized carbons (Fsp3) is 0.308. The van der Waals surface area contributed by atoms with Crippen LogP contribution in [-0.4, -0.2) is 22.3 Å². The number of amides is 1. The SMILES string of the molecule is CC(=O)Nc1ccc(CN2CCC[C@H]2c2cccc(Cc3ccc(C)cc3)n2)cc1. The summed E-state index contributed by atoms with van der Waals surface area (Å²) in [4.78, 5) is 18.7. The first-order valence-corrected chi connectivity index (χ1v) is 10.7. The van der Waals surface area contributed by atoms with Crippen molar-refractivity contribution in [2.45, 2.75) is 45.7 Å². The Morgan fingerprint density at radius 3 is 2.50 bits per heavy atom. The van der Waals surface area contributed by atoms with Crippen molar-refractivity contribution in [3.05, 3.63) is 94.8 Å². The molecule has 1 aliphatic rings. The highest BCUT2D eigenvalue weighted by Gasteiger charge is 2.27. The highest BCUT2D eigenvalue weighted by Crippen LogP contribution is 2.32. The molecule has 1 amide bonds. The van der Waals surface area contributed by atoms with Crippen LogP contribution in [0.15, 0.2) is 66.7 Å². The first-order valence-electron chi connectivity index (χ1n) is 10.7. The van der Waals surface area contributed by atoms with Gasteiger partial charge in [0.25, 0.3) is 0 Å². The molecule has 1 saturated heterocycles. The number of anilines is 1.